The molecule has 0 radical (unpaired) electrons. The molecule has 2 heteroatoms. The van der Waals surface area contributed by atoms with Crippen LogP contribution >= 0.6 is 11.8 Å². The van der Waals surface area contributed by atoms with Crippen LogP contribution in [-0.2, 0) is 0 Å². The van der Waals surface area contributed by atoms with Crippen LogP contribution in [0.1, 0.15) is 6.42 Å². The fraction of sp³-hybridized carbons (Fsp3) is 0.714. The van der Waals surface area contributed by atoms with Crippen LogP contribution in [0.15, 0.2) is 11.5 Å². The van der Waals surface area contributed by atoms with Gasteiger partial charge >= 0.3 is 34.6 Å². The molecule has 0 aromatic carbocycles. The molecule has 0 nitrogen and oxygen atoms in total. The molecule has 9 heavy (non-hydrogen) atoms. The van der Waals surface area contributed by atoms with Gasteiger partial charge in [-0.1, -0.05) is 6.08 Å². The Balaban J connectivity index is 0.000000148. The molecule has 1 aliphatic heterocycles. The molecule has 0 saturated carbocycles. The van der Waals surface area contributed by atoms with Crippen LogP contribution in [0.2, 0.25) is 14.8 Å². The molecule has 0 aromatic rings. The Labute approximate surface area is 69.8 Å². The topological polar surface area (TPSA) is 0 Å². The Kier molecular flexibility index (Phi) is 7.69. The molecule has 0 amide bonds. The Hall–Kier alpha value is 0.889. The van der Waals surface area contributed by atoms with Crippen molar-refractivity contribution in [1.29, 1.82) is 0 Å². The summed E-state index contributed by atoms with van der Waals surface area (Å²) in [6.45, 7) is 0. The summed E-state index contributed by atoms with van der Waals surface area (Å²) in [4.78, 5) is 7.13. The first-order valence-corrected chi connectivity index (χ1v) is 14.4. The zero-order valence-corrected chi connectivity index (χ0v) is 10.7. The van der Waals surface area contributed by atoms with E-state index in [1.807, 2.05) is 11.8 Å². The Morgan fingerprint density at radius 3 is 2.00 bits per heavy atom. The van der Waals surface area contributed by atoms with Crippen molar-refractivity contribution in [1.82, 2.24) is 0 Å². The van der Waals surface area contributed by atoms with Crippen molar-refractivity contribution in [3.8, 4) is 0 Å². The van der Waals surface area contributed by atoms with Crippen LogP contribution in [0.5, 0.6) is 0 Å². The molecule has 0 atom stereocenters. The van der Waals surface area contributed by atoms with Crippen LogP contribution in [0, 0.1) is 0 Å². The number of thioether (sulfide) groups is 1. The molecule has 0 spiro atoms. The van der Waals surface area contributed by atoms with Gasteiger partial charge in [0.25, 0.3) is 0 Å². The number of rotatable bonds is 0. The Morgan fingerprint density at radius 2 is 1.89 bits per heavy atom. The van der Waals surface area contributed by atoms with Crippen molar-refractivity contribution in [2.75, 3.05) is 5.75 Å². The van der Waals surface area contributed by atoms with Crippen LogP contribution in [0.3, 0.4) is 0 Å². The second kappa shape index (κ2) is 7.00. The first-order chi connectivity index (χ1) is 4.23. The molecule has 54 valence electrons. The number of hydrogen-bond acceptors (Lipinski definition) is 1. The van der Waals surface area contributed by atoms with Gasteiger partial charge in [0.05, 0.1) is 0 Å². The second-order valence-corrected chi connectivity index (χ2v) is 13.7. The SMILES string of the molecule is C1=CSCC1.[CH3][SnH]([CH3])[CH3]. The third-order valence-corrected chi connectivity index (χ3v) is 1.45. The Bertz CT molecular complexity index is 70.2. The predicted molar refractivity (Wildman–Crippen MR) is 51.0 cm³/mol. The van der Waals surface area contributed by atoms with Gasteiger partial charge < -0.3 is 0 Å². The van der Waals surface area contributed by atoms with Gasteiger partial charge in [-0.3, -0.25) is 0 Å². The van der Waals surface area contributed by atoms with Gasteiger partial charge in [-0.25, -0.2) is 0 Å². The number of hydrogen-bond donors (Lipinski definition) is 0. The van der Waals surface area contributed by atoms with Crippen molar-refractivity contribution in [2.24, 2.45) is 0 Å². The maximum atomic E-state index is 2.38. The van der Waals surface area contributed by atoms with E-state index in [1.54, 1.807) is 0 Å². The molecular weight excluding hydrogens is 235 g/mol. The molecule has 0 fully saturated rings. The van der Waals surface area contributed by atoms with E-state index in [9.17, 15) is 0 Å². The van der Waals surface area contributed by atoms with Gasteiger partial charge in [-0.15, -0.1) is 11.8 Å². The van der Waals surface area contributed by atoms with Crippen LogP contribution in [0.4, 0.5) is 0 Å². The molecule has 0 aliphatic carbocycles. The van der Waals surface area contributed by atoms with Gasteiger partial charge in [-0.05, 0) is 11.8 Å². The van der Waals surface area contributed by atoms with Crippen LogP contribution in [-0.4, -0.2) is 25.5 Å². The molecule has 0 bridgehead atoms. The second-order valence-electron chi connectivity index (χ2n) is 2.76. The minimum absolute atomic E-state index is 0.637. The molecule has 0 N–H and O–H groups in total. The van der Waals surface area contributed by atoms with Crippen molar-refractivity contribution < 1.29 is 0 Å². The van der Waals surface area contributed by atoms with E-state index < -0.39 is 19.8 Å². The molecule has 1 rings (SSSR count). The van der Waals surface area contributed by atoms with E-state index in [0.29, 0.717) is 0 Å². The van der Waals surface area contributed by atoms with Crippen molar-refractivity contribution in [3.05, 3.63) is 11.5 Å². The van der Waals surface area contributed by atoms with Crippen LogP contribution in [0.25, 0.3) is 0 Å². The van der Waals surface area contributed by atoms with Crippen LogP contribution < -0.4 is 0 Å². The van der Waals surface area contributed by atoms with E-state index >= 15 is 0 Å². The van der Waals surface area contributed by atoms with Gasteiger partial charge in [0.15, 0.2) is 0 Å². The normalized spacial score (nSPS) is 15.6. The van der Waals surface area contributed by atoms with E-state index in [4.69, 9.17) is 0 Å². The molecular formula is C7H16SSn. The fourth-order valence-corrected chi connectivity index (χ4v) is 1.02. The summed E-state index contributed by atoms with van der Waals surface area (Å²) < 4.78 is 0. The first-order valence-electron chi connectivity index (χ1n) is 3.50. The van der Waals surface area contributed by atoms with Gasteiger partial charge in [0.2, 0.25) is 0 Å². The fourth-order valence-electron chi connectivity index (χ4n) is 0.340. The van der Waals surface area contributed by atoms with Gasteiger partial charge in [-0.2, -0.15) is 0 Å². The third-order valence-electron chi connectivity index (χ3n) is 0.595. The molecule has 0 aromatic heterocycles. The van der Waals surface area contributed by atoms with E-state index in [-0.39, 0.29) is 0 Å². The average Bonchev–Trinajstić information content (AvgIpc) is 2.11. The summed E-state index contributed by atoms with van der Waals surface area (Å²) in [7, 11) is 0. The first kappa shape index (κ1) is 9.89. The zero-order chi connectivity index (χ0) is 7.11. The summed E-state index contributed by atoms with van der Waals surface area (Å²) in [6, 6.07) is 0. The number of allylic oxidation sites excluding steroid dienone is 1. The molecule has 0 saturated heterocycles. The minimum atomic E-state index is -0.637. The zero-order valence-electron chi connectivity index (χ0n) is 6.55. The summed E-state index contributed by atoms with van der Waals surface area (Å²) in [6.07, 6.45) is 3.48. The van der Waals surface area contributed by atoms with Crippen molar-refractivity contribution in [2.45, 2.75) is 21.2 Å². The quantitative estimate of drug-likeness (QED) is 0.596. The standard InChI is InChI=1S/C4H6S.3CH3.Sn.H/c1-2-4-5-3-1;;;;;/h1,3H,2,4H2;3*1H3;;. The molecule has 1 aliphatic rings. The summed E-state index contributed by atoms with van der Waals surface area (Å²) in [5.74, 6) is 1.31. The Morgan fingerprint density at radius 1 is 1.33 bits per heavy atom. The van der Waals surface area contributed by atoms with E-state index in [2.05, 4.69) is 26.3 Å². The predicted octanol–water partition coefficient (Wildman–Crippen LogP) is 2.74. The van der Waals surface area contributed by atoms with E-state index in [1.165, 1.54) is 12.2 Å². The van der Waals surface area contributed by atoms with Gasteiger partial charge in [0, 0.05) is 5.75 Å². The summed E-state index contributed by atoms with van der Waals surface area (Å²) >= 11 is 1.26. The van der Waals surface area contributed by atoms with Crippen molar-refractivity contribution in [3.63, 3.8) is 0 Å². The summed E-state index contributed by atoms with van der Waals surface area (Å²) in [5.41, 5.74) is 0. The van der Waals surface area contributed by atoms with Crippen molar-refractivity contribution >= 4 is 31.5 Å². The monoisotopic (exact) mass is 252 g/mol. The van der Waals surface area contributed by atoms with E-state index in [0.717, 1.165) is 0 Å². The average molecular weight is 251 g/mol. The third kappa shape index (κ3) is 12.2. The summed E-state index contributed by atoms with van der Waals surface area (Å²) in [5, 5.41) is 2.15. The maximum absolute atomic E-state index is 2.38. The van der Waals surface area contributed by atoms with Gasteiger partial charge in [0.1, 0.15) is 0 Å². The molecule has 0 unspecified atom stereocenters. The molecule has 1 heterocycles.